The zero-order valence-electron chi connectivity index (χ0n) is 8.63. The molecule has 0 bridgehead atoms. The number of aldehydes is 1. The first-order valence-corrected chi connectivity index (χ1v) is 6.79. The molecule has 1 heterocycles. The van der Waals surface area contributed by atoms with Gasteiger partial charge in [0.15, 0.2) is 6.29 Å². The molecule has 6 heteroatoms. The zero-order valence-corrected chi connectivity index (χ0v) is 10.3. The summed E-state index contributed by atoms with van der Waals surface area (Å²) in [4.78, 5) is 10.9. The highest BCUT2D eigenvalue weighted by molar-refractivity contribution is 7.91. The van der Waals surface area contributed by atoms with E-state index in [1.54, 1.807) is 7.05 Å². The van der Waals surface area contributed by atoms with Crippen molar-refractivity contribution in [3.63, 3.8) is 0 Å². The normalized spacial score (nSPS) is 11.9. The standard InChI is InChI=1S/C9H13NO3S2/c1-3-6-10(2)15(12,13)9-5-4-8(7-11)14-9/h4-5,7H,3,6H2,1-2H3. The molecule has 0 aromatic carbocycles. The summed E-state index contributed by atoms with van der Waals surface area (Å²) in [5.74, 6) is 0. The minimum Gasteiger partial charge on any atom is -0.297 e. The van der Waals surface area contributed by atoms with Gasteiger partial charge in [0.1, 0.15) is 4.21 Å². The van der Waals surface area contributed by atoms with E-state index in [9.17, 15) is 13.2 Å². The van der Waals surface area contributed by atoms with Crippen LogP contribution in [0.25, 0.3) is 0 Å². The average Bonchev–Trinajstić information content (AvgIpc) is 2.66. The molecule has 0 amide bonds. The molecule has 0 aliphatic carbocycles. The van der Waals surface area contributed by atoms with Crippen LogP contribution in [0.2, 0.25) is 0 Å². The van der Waals surface area contributed by atoms with Gasteiger partial charge in [0.2, 0.25) is 0 Å². The van der Waals surface area contributed by atoms with Gasteiger partial charge in [0.05, 0.1) is 4.88 Å². The summed E-state index contributed by atoms with van der Waals surface area (Å²) in [6.07, 6.45) is 1.42. The molecule has 0 saturated heterocycles. The second-order valence-electron chi connectivity index (χ2n) is 3.10. The van der Waals surface area contributed by atoms with Crippen LogP contribution in [-0.4, -0.2) is 32.6 Å². The van der Waals surface area contributed by atoms with Crippen LogP contribution in [0.4, 0.5) is 0 Å². The number of thiophene rings is 1. The highest BCUT2D eigenvalue weighted by Crippen LogP contribution is 2.23. The maximum atomic E-state index is 11.9. The predicted octanol–water partition coefficient (Wildman–Crippen LogP) is 1.59. The van der Waals surface area contributed by atoms with Crippen LogP contribution in [0.5, 0.6) is 0 Å². The third-order valence-electron chi connectivity index (χ3n) is 1.92. The Balaban J connectivity index is 3.00. The fourth-order valence-electron chi connectivity index (χ4n) is 1.13. The van der Waals surface area contributed by atoms with Crippen molar-refractivity contribution in [3.05, 3.63) is 17.0 Å². The smallest absolute Gasteiger partial charge is 0.252 e. The van der Waals surface area contributed by atoms with E-state index >= 15 is 0 Å². The lowest BCUT2D eigenvalue weighted by atomic mass is 10.5. The lowest BCUT2D eigenvalue weighted by molar-refractivity contribution is 0.112. The molecule has 0 N–H and O–H groups in total. The summed E-state index contributed by atoms with van der Waals surface area (Å²) in [6.45, 7) is 2.40. The predicted molar refractivity (Wildman–Crippen MR) is 59.8 cm³/mol. The van der Waals surface area contributed by atoms with Crippen molar-refractivity contribution in [1.29, 1.82) is 0 Å². The van der Waals surface area contributed by atoms with Crippen LogP contribution in [0.15, 0.2) is 16.3 Å². The van der Waals surface area contributed by atoms with Gasteiger partial charge in [-0.05, 0) is 18.6 Å². The third-order valence-corrected chi connectivity index (χ3v) is 5.26. The Labute approximate surface area is 93.6 Å². The summed E-state index contributed by atoms with van der Waals surface area (Å²) in [5, 5.41) is 0. The van der Waals surface area contributed by atoms with E-state index in [4.69, 9.17) is 0 Å². The van der Waals surface area contributed by atoms with Crippen molar-refractivity contribution in [3.8, 4) is 0 Å². The fourth-order valence-corrected chi connectivity index (χ4v) is 3.74. The Bertz CT molecular complexity index is 436. The van der Waals surface area contributed by atoms with Gasteiger partial charge < -0.3 is 0 Å². The van der Waals surface area contributed by atoms with Crippen molar-refractivity contribution in [2.75, 3.05) is 13.6 Å². The summed E-state index contributed by atoms with van der Waals surface area (Å²) in [6, 6.07) is 2.99. The average molecular weight is 247 g/mol. The fraction of sp³-hybridized carbons (Fsp3) is 0.444. The molecule has 84 valence electrons. The highest BCUT2D eigenvalue weighted by atomic mass is 32.2. The van der Waals surface area contributed by atoms with Crippen LogP contribution in [0.3, 0.4) is 0 Å². The van der Waals surface area contributed by atoms with Gasteiger partial charge in [0, 0.05) is 13.6 Å². The zero-order chi connectivity index (χ0) is 11.5. The molecule has 4 nitrogen and oxygen atoms in total. The van der Waals surface area contributed by atoms with E-state index in [1.807, 2.05) is 6.92 Å². The van der Waals surface area contributed by atoms with Crippen molar-refractivity contribution >= 4 is 27.6 Å². The van der Waals surface area contributed by atoms with Gasteiger partial charge in [-0.15, -0.1) is 11.3 Å². The number of carbonyl (C=O) groups excluding carboxylic acids is 1. The molecule has 1 aromatic heterocycles. The Kier molecular flexibility index (Phi) is 4.01. The molecule has 0 unspecified atom stereocenters. The van der Waals surface area contributed by atoms with E-state index < -0.39 is 10.0 Å². The van der Waals surface area contributed by atoms with E-state index in [0.717, 1.165) is 17.8 Å². The monoisotopic (exact) mass is 247 g/mol. The third kappa shape index (κ3) is 2.64. The second-order valence-corrected chi connectivity index (χ2v) is 6.49. The molecule has 0 atom stereocenters. The van der Waals surface area contributed by atoms with E-state index in [1.165, 1.54) is 16.4 Å². The number of rotatable bonds is 5. The lowest BCUT2D eigenvalue weighted by Gasteiger charge is -2.14. The molecule has 0 spiro atoms. The Morgan fingerprint density at radius 2 is 2.13 bits per heavy atom. The summed E-state index contributed by atoms with van der Waals surface area (Å²) in [5.41, 5.74) is 0. The molecule has 0 aliphatic heterocycles. The Morgan fingerprint density at radius 3 is 2.60 bits per heavy atom. The minimum absolute atomic E-state index is 0.223. The highest BCUT2D eigenvalue weighted by Gasteiger charge is 2.21. The van der Waals surface area contributed by atoms with Crippen LogP contribution in [-0.2, 0) is 10.0 Å². The van der Waals surface area contributed by atoms with Crippen molar-refractivity contribution in [2.45, 2.75) is 17.6 Å². The first-order chi connectivity index (χ1) is 7.02. The minimum atomic E-state index is -3.40. The van der Waals surface area contributed by atoms with Crippen LogP contribution in [0, 0.1) is 0 Å². The summed E-state index contributed by atoms with van der Waals surface area (Å²) in [7, 11) is -1.86. The van der Waals surface area contributed by atoms with Gasteiger partial charge in [0.25, 0.3) is 10.0 Å². The van der Waals surface area contributed by atoms with Gasteiger partial charge >= 0.3 is 0 Å². The van der Waals surface area contributed by atoms with Gasteiger partial charge in [-0.3, -0.25) is 4.79 Å². The molecular weight excluding hydrogens is 234 g/mol. The summed E-state index contributed by atoms with van der Waals surface area (Å²) >= 11 is 0.996. The molecule has 1 rings (SSSR count). The quantitative estimate of drug-likeness (QED) is 0.742. The lowest BCUT2D eigenvalue weighted by Crippen LogP contribution is -2.26. The van der Waals surface area contributed by atoms with Gasteiger partial charge in [-0.2, -0.15) is 0 Å². The number of hydrogen-bond acceptors (Lipinski definition) is 4. The Morgan fingerprint density at radius 1 is 1.47 bits per heavy atom. The van der Waals surface area contributed by atoms with Crippen LogP contribution < -0.4 is 0 Å². The van der Waals surface area contributed by atoms with Crippen molar-refractivity contribution < 1.29 is 13.2 Å². The maximum absolute atomic E-state index is 11.9. The molecule has 0 fully saturated rings. The number of sulfonamides is 1. The molecule has 0 radical (unpaired) electrons. The van der Waals surface area contributed by atoms with E-state index in [0.29, 0.717) is 17.7 Å². The van der Waals surface area contributed by atoms with Crippen LogP contribution in [0.1, 0.15) is 23.0 Å². The molecule has 15 heavy (non-hydrogen) atoms. The molecular formula is C9H13NO3S2. The van der Waals surface area contributed by atoms with Crippen LogP contribution >= 0.6 is 11.3 Å². The summed E-state index contributed by atoms with van der Waals surface area (Å²) < 4.78 is 25.3. The maximum Gasteiger partial charge on any atom is 0.252 e. The first kappa shape index (κ1) is 12.4. The number of hydrogen-bond donors (Lipinski definition) is 0. The number of carbonyl (C=O) groups is 1. The van der Waals surface area contributed by atoms with Crippen molar-refractivity contribution in [1.82, 2.24) is 4.31 Å². The SMILES string of the molecule is CCCN(C)S(=O)(=O)c1ccc(C=O)s1. The first-order valence-electron chi connectivity index (χ1n) is 4.53. The number of nitrogens with zero attached hydrogens (tertiary/aromatic N) is 1. The van der Waals surface area contributed by atoms with Crippen molar-refractivity contribution in [2.24, 2.45) is 0 Å². The van der Waals surface area contributed by atoms with Gasteiger partial charge in [-0.25, -0.2) is 12.7 Å². The largest absolute Gasteiger partial charge is 0.297 e. The Hall–Kier alpha value is -0.720. The van der Waals surface area contributed by atoms with E-state index in [2.05, 4.69) is 0 Å². The molecule has 0 aliphatic rings. The van der Waals surface area contributed by atoms with E-state index in [-0.39, 0.29) is 4.21 Å². The molecule has 0 saturated carbocycles. The molecule has 1 aromatic rings. The van der Waals surface area contributed by atoms with Gasteiger partial charge in [-0.1, -0.05) is 6.92 Å². The topological polar surface area (TPSA) is 54.5 Å². The second kappa shape index (κ2) is 4.87.